The average molecular weight is 466 g/mol. The molecule has 2 aromatic rings. The predicted molar refractivity (Wildman–Crippen MR) is 136 cm³/mol. The van der Waals surface area contributed by atoms with E-state index in [4.69, 9.17) is 14.6 Å². The predicted octanol–water partition coefficient (Wildman–Crippen LogP) is 4.59. The van der Waals surface area contributed by atoms with Crippen molar-refractivity contribution in [2.24, 2.45) is 0 Å². The molecule has 2 aromatic carbocycles. The molecule has 0 spiro atoms. The van der Waals surface area contributed by atoms with Crippen LogP contribution in [-0.4, -0.2) is 75.7 Å². The van der Waals surface area contributed by atoms with Crippen LogP contribution in [0.15, 0.2) is 54.6 Å². The Hall–Kier alpha value is -3.19. The van der Waals surface area contributed by atoms with Crippen molar-refractivity contribution in [1.82, 2.24) is 4.90 Å². The van der Waals surface area contributed by atoms with Crippen molar-refractivity contribution in [1.29, 1.82) is 0 Å². The molecule has 2 aliphatic heterocycles. The number of unbranched alkanes of at least 4 members (excludes halogenated alkanes) is 1. The van der Waals surface area contributed by atoms with Gasteiger partial charge in [0.1, 0.15) is 5.75 Å². The zero-order chi connectivity index (χ0) is 23.8. The first-order chi connectivity index (χ1) is 16.6. The van der Waals surface area contributed by atoms with Crippen molar-refractivity contribution in [3.8, 4) is 5.75 Å². The summed E-state index contributed by atoms with van der Waals surface area (Å²) in [4.78, 5) is 17.2. The minimum absolute atomic E-state index is 0.554. The number of methoxy groups -OCH3 is 1. The second-order valence-corrected chi connectivity index (χ2v) is 8.77. The molecule has 2 heterocycles. The highest BCUT2D eigenvalue weighted by atomic mass is 16.5. The summed E-state index contributed by atoms with van der Waals surface area (Å²) in [5.74, 6) is 0.920. The molecule has 1 saturated heterocycles. The number of rotatable bonds is 9. The molecule has 2 aliphatic rings. The number of piperazine rings is 1. The SMILES string of the molecule is COCCCCOc1ccc(C2=CCN(c3ccc(N4CCN(C(=O)O)CC4)cc3)CC2)cc1. The highest BCUT2D eigenvalue weighted by Crippen LogP contribution is 2.28. The lowest BCUT2D eigenvalue weighted by Gasteiger charge is -2.35. The van der Waals surface area contributed by atoms with Gasteiger partial charge in [-0.05, 0) is 66.8 Å². The van der Waals surface area contributed by atoms with Crippen molar-refractivity contribution < 1.29 is 19.4 Å². The van der Waals surface area contributed by atoms with Gasteiger partial charge in [0.2, 0.25) is 0 Å². The van der Waals surface area contributed by atoms with Crippen LogP contribution in [-0.2, 0) is 4.74 Å². The van der Waals surface area contributed by atoms with Gasteiger partial charge in [0.15, 0.2) is 0 Å². The molecular formula is C27H35N3O4. The number of benzene rings is 2. The van der Waals surface area contributed by atoms with Crippen molar-refractivity contribution >= 4 is 23.0 Å². The third-order valence-corrected chi connectivity index (χ3v) is 6.58. The number of carbonyl (C=O) groups is 1. The van der Waals surface area contributed by atoms with Crippen LogP contribution in [0.1, 0.15) is 24.8 Å². The Labute approximate surface area is 202 Å². The van der Waals surface area contributed by atoms with E-state index in [1.165, 1.54) is 21.7 Å². The second kappa shape index (κ2) is 11.8. The van der Waals surface area contributed by atoms with Crippen molar-refractivity contribution in [3.63, 3.8) is 0 Å². The molecule has 0 bridgehead atoms. The Balaban J connectivity index is 1.27. The second-order valence-electron chi connectivity index (χ2n) is 8.77. The largest absolute Gasteiger partial charge is 0.494 e. The van der Waals surface area contributed by atoms with Crippen LogP contribution in [0, 0.1) is 0 Å². The monoisotopic (exact) mass is 465 g/mol. The fourth-order valence-electron chi connectivity index (χ4n) is 4.50. The van der Waals surface area contributed by atoms with Gasteiger partial charge >= 0.3 is 6.09 Å². The summed E-state index contributed by atoms with van der Waals surface area (Å²) in [6, 6.07) is 17.1. The summed E-state index contributed by atoms with van der Waals surface area (Å²) in [7, 11) is 1.73. The number of anilines is 2. The van der Waals surface area contributed by atoms with Crippen molar-refractivity contribution in [2.45, 2.75) is 19.3 Å². The molecule has 0 atom stereocenters. The number of nitrogens with zero attached hydrogens (tertiary/aromatic N) is 3. The van der Waals surface area contributed by atoms with Crippen LogP contribution < -0.4 is 14.5 Å². The first-order valence-electron chi connectivity index (χ1n) is 12.1. The van der Waals surface area contributed by atoms with Gasteiger partial charge in [-0.1, -0.05) is 18.2 Å². The average Bonchev–Trinajstić information content (AvgIpc) is 2.89. The Morgan fingerprint density at radius 1 is 0.853 bits per heavy atom. The minimum atomic E-state index is -0.828. The van der Waals surface area contributed by atoms with Gasteiger partial charge in [0.25, 0.3) is 0 Å². The fraction of sp³-hybridized carbons (Fsp3) is 0.444. The van der Waals surface area contributed by atoms with Crippen LogP contribution >= 0.6 is 0 Å². The number of carboxylic acid groups (broad SMARTS) is 1. The molecule has 1 amide bonds. The van der Waals surface area contributed by atoms with E-state index in [0.717, 1.165) is 70.1 Å². The maximum atomic E-state index is 11.1. The van der Waals surface area contributed by atoms with Crippen LogP contribution in [0.5, 0.6) is 5.75 Å². The summed E-state index contributed by atoms with van der Waals surface area (Å²) in [5.41, 5.74) is 5.03. The van der Waals surface area contributed by atoms with E-state index < -0.39 is 6.09 Å². The molecule has 0 aliphatic carbocycles. The first kappa shape index (κ1) is 24.0. The number of hydrogen-bond donors (Lipinski definition) is 1. The van der Waals surface area contributed by atoms with Gasteiger partial charge in [-0.15, -0.1) is 0 Å². The minimum Gasteiger partial charge on any atom is -0.494 e. The highest BCUT2D eigenvalue weighted by Gasteiger charge is 2.21. The summed E-state index contributed by atoms with van der Waals surface area (Å²) in [6.07, 6.45) is 4.52. The van der Waals surface area contributed by atoms with E-state index in [0.29, 0.717) is 13.1 Å². The molecule has 0 radical (unpaired) electrons. The Kier molecular flexibility index (Phi) is 8.31. The topological polar surface area (TPSA) is 65.5 Å². The molecular weight excluding hydrogens is 430 g/mol. The van der Waals surface area contributed by atoms with Gasteiger partial charge in [-0.2, -0.15) is 0 Å². The fourth-order valence-corrected chi connectivity index (χ4v) is 4.50. The molecule has 1 fully saturated rings. The van der Waals surface area contributed by atoms with E-state index in [2.05, 4.69) is 64.4 Å². The Morgan fingerprint density at radius 2 is 1.50 bits per heavy atom. The van der Waals surface area contributed by atoms with E-state index in [1.54, 1.807) is 7.11 Å². The smallest absolute Gasteiger partial charge is 0.407 e. The third-order valence-electron chi connectivity index (χ3n) is 6.58. The summed E-state index contributed by atoms with van der Waals surface area (Å²) in [6.45, 7) is 5.96. The lowest BCUT2D eigenvalue weighted by molar-refractivity contribution is 0.142. The first-order valence-corrected chi connectivity index (χ1v) is 12.1. The summed E-state index contributed by atoms with van der Waals surface area (Å²) in [5, 5.41) is 9.12. The molecule has 4 rings (SSSR count). The molecule has 7 heteroatoms. The molecule has 7 nitrogen and oxygen atoms in total. The van der Waals surface area contributed by atoms with Gasteiger partial charge in [-0.3, -0.25) is 0 Å². The molecule has 0 saturated carbocycles. The number of ether oxygens (including phenoxy) is 2. The molecule has 182 valence electrons. The molecule has 0 aromatic heterocycles. The van der Waals surface area contributed by atoms with Crippen molar-refractivity contribution in [3.05, 3.63) is 60.2 Å². The van der Waals surface area contributed by atoms with Crippen LogP contribution in [0.25, 0.3) is 5.57 Å². The molecule has 1 N–H and O–H groups in total. The van der Waals surface area contributed by atoms with E-state index in [-0.39, 0.29) is 0 Å². The lowest BCUT2D eigenvalue weighted by atomic mass is 9.99. The Bertz CT molecular complexity index is 951. The van der Waals surface area contributed by atoms with Crippen LogP contribution in [0.3, 0.4) is 0 Å². The lowest BCUT2D eigenvalue weighted by Crippen LogP contribution is -2.48. The normalized spacial score (nSPS) is 16.4. The molecule has 34 heavy (non-hydrogen) atoms. The zero-order valence-corrected chi connectivity index (χ0v) is 20.0. The van der Waals surface area contributed by atoms with Crippen molar-refractivity contribution in [2.75, 3.05) is 69.4 Å². The maximum Gasteiger partial charge on any atom is 0.407 e. The van der Waals surface area contributed by atoms with Gasteiger partial charge in [-0.25, -0.2) is 4.79 Å². The van der Waals surface area contributed by atoms with E-state index in [1.807, 2.05) is 0 Å². The van der Waals surface area contributed by atoms with Gasteiger partial charge in [0.05, 0.1) is 6.61 Å². The maximum absolute atomic E-state index is 11.1. The number of amides is 1. The highest BCUT2D eigenvalue weighted by molar-refractivity contribution is 5.70. The number of hydrogen-bond acceptors (Lipinski definition) is 5. The van der Waals surface area contributed by atoms with Gasteiger partial charge in [0, 0.05) is 64.4 Å². The third kappa shape index (κ3) is 6.23. The Morgan fingerprint density at radius 3 is 2.09 bits per heavy atom. The standard InChI is InChI=1S/C27H35N3O4/c1-33-20-2-3-21-34-26-10-4-22(5-11-26)23-12-14-28(15-13-23)24-6-8-25(9-7-24)29-16-18-30(19-17-29)27(31)32/h4-12H,2-3,13-21H2,1H3,(H,31,32). The van der Waals surface area contributed by atoms with E-state index >= 15 is 0 Å². The van der Waals surface area contributed by atoms with Crippen LogP contribution in [0.4, 0.5) is 16.2 Å². The summed E-state index contributed by atoms with van der Waals surface area (Å²) < 4.78 is 10.9. The molecule has 0 unspecified atom stereocenters. The van der Waals surface area contributed by atoms with Crippen LogP contribution in [0.2, 0.25) is 0 Å². The van der Waals surface area contributed by atoms with Gasteiger partial charge < -0.3 is 29.3 Å². The zero-order valence-electron chi connectivity index (χ0n) is 20.0. The quantitative estimate of drug-likeness (QED) is 0.547. The summed E-state index contributed by atoms with van der Waals surface area (Å²) >= 11 is 0. The van der Waals surface area contributed by atoms with E-state index in [9.17, 15) is 4.79 Å².